The van der Waals surface area contributed by atoms with Gasteiger partial charge in [-0.15, -0.1) is 0 Å². The molecule has 1 fully saturated rings. The first kappa shape index (κ1) is 14.8. The fourth-order valence-corrected chi connectivity index (χ4v) is 2.46. The number of rotatable bonds is 3. The highest BCUT2D eigenvalue weighted by Gasteiger charge is 2.20. The average molecular weight is 277 g/mol. The number of piperazine rings is 1. The molecule has 2 rings (SSSR count). The molecule has 5 heteroatoms. The number of hydrogen-bond acceptors (Lipinski definition) is 3. The number of nitrogens with one attached hydrogen (secondary N) is 1. The van der Waals surface area contributed by atoms with E-state index in [0.717, 1.165) is 24.3 Å². The monoisotopic (exact) mass is 277 g/mol. The molecule has 0 atom stereocenters. The van der Waals surface area contributed by atoms with E-state index in [1.807, 2.05) is 30.9 Å². The van der Waals surface area contributed by atoms with Crippen LogP contribution in [0.3, 0.4) is 0 Å². The van der Waals surface area contributed by atoms with E-state index in [-0.39, 0.29) is 12.6 Å². The first-order chi connectivity index (χ1) is 9.60. The predicted molar refractivity (Wildman–Crippen MR) is 80.0 cm³/mol. The Kier molecular flexibility index (Phi) is 4.98. The second-order valence-electron chi connectivity index (χ2n) is 5.30. The molecule has 20 heavy (non-hydrogen) atoms. The van der Waals surface area contributed by atoms with Crippen molar-refractivity contribution in [2.24, 2.45) is 0 Å². The van der Waals surface area contributed by atoms with E-state index >= 15 is 0 Å². The normalized spacial score (nSPS) is 16.2. The van der Waals surface area contributed by atoms with E-state index in [1.165, 1.54) is 5.56 Å². The summed E-state index contributed by atoms with van der Waals surface area (Å²) >= 11 is 0. The fourth-order valence-electron chi connectivity index (χ4n) is 2.46. The van der Waals surface area contributed by atoms with Crippen LogP contribution >= 0.6 is 0 Å². The van der Waals surface area contributed by atoms with Crippen LogP contribution in [0.25, 0.3) is 0 Å². The molecule has 5 nitrogen and oxygen atoms in total. The first-order valence-corrected chi connectivity index (χ1v) is 7.06. The Labute approximate surface area is 120 Å². The van der Waals surface area contributed by atoms with E-state index in [4.69, 9.17) is 5.11 Å². The number of carbonyl (C=O) groups is 1. The third-order valence-electron chi connectivity index (χ3n) is 3.70. The second-order valence-corrected chi connectivity index (χ2v) is 5.30. The van der Waals surface area contributed by atoms with Crippen LogP contribution in [-0.4, -0.2) is 60.3 Å². The van der Waals surface area contributed by atoms with Crippen molar-refractivity contribution in [3.63, 3.8) is 0 Å². The molecule has 1 aliphatic rings. The summed E-state index contributed by atoms with van der Waals surface area (Å²) in [7, 11) is 0. The number of β-amino-alcohol motifs (C(OH)–C–C–N with tert-alkyl or cyclic N) is 1. The minimum atomic E-state index is -0.0411. The van der Waals surface area contributed by atoms with Crippen molar-refractivity contribution >= 4 is 11.7 Å². The topological polar surface area (TPSA) is 55.8 Å². The lowest BCUT2D eigenvalue weighted by molar-refractivity contribution is 0.127. The van der Waals surface area contributed by atoms with Gasteiger partial charge in [0.25, 0.3) is 0 Å². The van der Waals surface area contributed by atoms with Crippen molar-refractivity contribution in [1.82, 2.24) is 9.80 Å². The van der Waals surface area contributed by atoms with Crippen molar-refractivity contribution < 1.29 is 9.90 Å². The Morgan fingerprint density at radius 3 is 2.55 bits per heavy atom. The van der Waals surface area contributed by atoms with Crippen LogP contribution in [0.4, 0.5) is 10.5 Å². The van der Waals surface area contributed by atoms with Gasteiger partial charge >= 0.3 is 6.03 Å². The summed E-state index contributed by atoms with van der Waals surface area (Å²) in [5, 5.41) is 11.9. The van der Waals surface area contributed by atoms with Gasteiger partial charge in [0, 0.05) is 38.4 Å². The Hall–Kier alpha value is -1.59. The maximum absolute atomic E-state index is 12.2. The van der Waals surface area contributed by atoms with Crippen molar-refractivity contribution in [1.29, 1.82) is 0 Å². The highest BCUT2D eigenvalue weighted by Crippen LogP contribution is 2.17. The van der Waals surface area contributed by atoms with E-state index in [1.54, 1.807) is 0 Å². The predicted octanol–water partition coefficient (Wildman–Crippen LogP) is 1.45. The quantitative estimate of drug-likeness (QED) is 0.879. The van der Waals surface area contributed by atoms with Crippen LogP contribution in [0.1, 0.15) is 11.1 Å². The number of benzene rings is 1. The van der Waals surface area contributed by atoms with Gasteiger partial charge in [0.1, 0.15) is 0 Å². The molecule has 0 spiro atoms. The van der Waals surface area contributed by atoms with Crippen molar-refractivity contribution in [3.05, 3.63) is 29.3 Å². The van der Waals surface area contributed by atoms with Gasteiger partial charge in [0.05, 0.1) is 6.61 Å². The third-order valence-corrected chi connectivity index (χ3v) is 3.70. The fraction of sp³-hybridized carbons (Fsp3) is 0.533. The molecule has 0 unspecified atom stereocenters. The largest absolute Gasteiger partial charge is 0.395 e. The van der Waals surface area contributed by atoms with Crippen LogP contribution in [-0.2, 0) is 0 Å². The summed E-state index contributed by atoms with van der Waals surface area (Å²) in [6, 6.07) is 5.97. The van der Waals surface area contributed by atoms with Gasteiger partial charge in [0.15, 0.2) is 0 Å². The summed E-state index contributed by atoms with van der Waals surface area (Å²) in [5.41, 5.74) is 3.15. The number of aliphatic hydroxyl groups excluding tert-OH is 1. The van der Waals surface area contributed by atoms with Gasteiger partial charge in [-0.2, -0.15) is 0 Å². The Morgan fingerprint density at radius 2 is 1.95 bits per heavy atom. The number of aryl methyl sites for hydroxylation is 2. The van der Waals surface area contributed by atoms with Gasteiger partial charge < -0.3 is 15.3 Å². The molecule has 1 aliphatic heterocycles. The average Bonchev–Trinajstić information content (AvgIpc) is 2.43. The van der Waals surface area contributed by atoms with Crippen molar-refractivity contribution in [3.8, 4) is 0 Å². The lowest BCUT2D eigenvalue weighted by Gasteiger charge is -2.34. The maximum Gasteiger partial charge on any atom is 0.321 e. The highest BCUT2D eigenvalue weighted by molar-refractivity contribution is 5.90. The minimum absolute atomic E-state index is 0.0411. The molecule has 0 aromatic heterocycles. The minimum Gasteiger partial charge on any atom is -0.395 e. The lowest BCUT2D eigenvalue weighted by atomic mass is 10.1. The molecular formula is C15H23N3O2. The molecule has 2 N–H and O–H groups in total. The molecule has 0 saturated carbocycles. The molecule has 0 bridgehead atoms. The molecule has 0 radical (unpaired) electrons. The second kappa shape index (κ2) is 6.72. The highest BCUT2D eigenvalue weighted by atomic mass is 16.3. The number of nitrogens with zero attached hydrogens (tertiary/aromatic N) is 2. The van der Waals surface area contributed by atoms with E-state index in [9.17, 15) is 4.79 Å². The van der Waals surface area contributed by atoms with Gasteiger partial charge in [0.2, 0.25) is 0 Å². The summed E-state index contributed by atoms with van der Waals surface area (Å²) in [6.45, 7) is 7.96. The number of carbonyl (C=O) groups excluding carboxylic acids is 1. The van der Waals surface area contributed by atoms with Crippen LogP contribution in [0.2, 0.25) is 0 Å². The molecule has 2 amide bonds. The summed E-state index contributed by atoms with van der Waals surface area (Å²) in [4.78, 5) is 16.2. The standard InChI is InChI=1S/C15H23N3O2/c1-12-3-4-14(13(2)11-12)16-15(20)18-7-5-17(6-8-18)9-10-19/h3-4,11,19H,5-10H2,1-2H3,(H,16,20). The Balaban J connectivity index is 1.89. The molecule has 110 valence electrons. The molecular weight excluding hydrogens is 254 g/mol. The van der Waals surface area contributed by atoms with Crippen molar-refractivity contribution in [2.75, 3.05) is 44.6 Å². The molecule has 1 heterocycles. The summed E-state index contributed by atoms with van der Waals surface area (Å²) in [6.07, 6.45) is 0. The number of anilines is 1. The van der Waals surface area contributed by atoms with E-state index < -0.39 is 0 Å². The Morgan fingerprint density at radius 1 is 1.25 bits per heavy atom. The lowest BCUT2D eigenvalue weighted by Crippen LogP contribution is -2.50. The van der Waals surface area contributed by atoms with Crippen LogP contribution in [0, 0.1) is 13.8 Å². The molecule has 0 aliphatic carbocycles. The van der Waals surface area contributed by atoms with Gasteiger partial charge in [-0.1, -0.05) is 17.7 Å². The smallest absolute Gasteiger partial charge is 0.321 e. The molecule has 1 saturated heterocycles. The first-order valence-electron chi connectivity index (χ1n) is 7.06. The Bertz CT molecular complexity index is 468. The number of urea groups is 1. The summed E-state index contributed by atoms with van der Waals surface area (Å²) in [5.74, 6) is 0. The zero-order chi connectivity index (χ0) is 14.5. The number of aliphatic hydroxyl groups is 1. The number of amides is 2. The van der Waals surface area contributed by atoms with Crippen molar-refractivity contribution in [2.45, 2.75) is 13.8 Å². The maximum atomic E-state index is 12.2. The zero-order valence-electron chi connectivity index (χ0n) is 12.2. The van der Waals surface area contributed by atoms with Gasteiger partial charge in [-0.05, 0) is 25.5 Å². The van der Waals surface area contributed by atoms with Crippen LogP contribution in [0.15, 0.2) is 18.2 Å². The van der Waals surface area contributed by atoms with Gasteiger partial charge in [-0.25, -0.2) is 4.79 Å². The van der Waals surface area contributed by atoms with Crippen LogP contribution < -0.4 is 5.32 Å². The zero-order valence-corrected chi connectivity index (χ0v) is 12.2. The third kappa shape index (κ3) is 3.71. The SMILES string of the molecule is Cc1ccc(NC(=O)N2CCN(CCO)CC2)c(C)c1. The van der Waals surface area contributed by atoms with Crippen LogP contribution in [0.5, 0.6) is 0 Å². The summed E-state index contributed by atoms with van der Waals surface area (Å²) < 4.78 is 0. The molecule has 1 aromatic rings. The van der Waals surface area contributed by atoms with E-state index in [0.29, 0.717) is 19.6 Å². The molecule has 1 aromatic carbocycles. The number of hydrogen-bond donors (Lipinski definition) is 2. The van der Waals surface area contributed by atoms with E-state index in [2.05, 4.69) is 16.3 Å². The van der Waals surface area contributed by atoms with Gasteiger partial charge in [-0.3, -0.25) is 4.90 Å².